The molecule has 6 heteroatoms. The van der Waals surface area contributed by atoms with E-state index in [0.717, 1.165) is 0 Å². The quantitative estimate of drug-likeness (QED) is 0.867. The minimum absolute atomic E-state index is 0.158. The molecule has 0 fully saturated rings. The fourth-order valence-corrected chi connectivity index (χ4v) is 2.91. The normalized spacial score (nSPS) is 21.1. The highest BCUT2D eigenvalue weighted by atomic mass is 35.5. The number of ether oxygens (including phenoxy) is 1. The van der Waals surface area contributed by atoms with Crippen LogP contribution in [0.25, 0.3) is 0 Å². The summed E-state index contributed by atoms with van der Waals surface area (Å²) in [6.45, 7) is 4.21. The van der Waals surface area contributed by atoms with Gasteiger partial charge in [-0.05, 0) is 26.0 Å². The van der Waals surface area contributed by atoms with Crippen LogP contribution in [0.4, 0.5) is 5.69 Å². The molecule has 0 saturated carbocycles. The fourth-order valence-electron chi connectivity index (χ4n) is 2.63. The molecule has 2 atom stereocenters. The zero-order valence-electron chi connectivity index (χ0n) is 12.0. The van der Waals surface area contributed by atoms with Crippen molar-refractivity contribution in [1.29, 1.82) is 0 Å². The van der Waals surface area contributed by atoms with E-state index >= 15 is 0 Å². The number of anilines is 1. The van der Waals surface area contributed by atoms with Crippen molar-refractivity contribution in [3.05, 3.63) is 28.8 Å². The number of fused-ring (bicyclic) bond motifs is 1. The molecule has 1 aromatic carbocycles. The van der Waals surface area contributed by atoms with Gasteiger partial charge >= 0.3 is 5.97 Å². The van der Waals surface area contributed by atoms with E-state index in [2.05, 4.69) is 0 Å². The third-order valence-electron chi connectivity index (χ3n) is 3.59. The molecule has 1 N–H and O–H groups in total. The summed E-state index contributed by atoms with van der Waals surface area (Å²) >= 11 is 6.16. The molecule has 1 amide bonds. The van der Waals surface area contributed by atoms with Crippen LogP contribution in [-0.4, -0.2) is 30.1 Å². The predicted molar refractivity (Wildman–Crippen MR) is 79.2 cm³/mol. The van der Waals surface area contributed by atoms with Gasteiger partial charge in [0, 0.05) is 17.1 Å². The van der Waals surface area contributed by atoms with Crippen LogP contribution in [0, 0.1) is 5.92 Å². The maximum absolute atomic E-state index is 12.5. The van der Waals surface area contributed by atoms with Gasteiger partial charge in [-0.25, -0.2) is 0 Å². The molecule has 0 aliphatic carbocycles. The van der Waals surface area contributed by atoms with E-state index in [4.69, 9.17) is 16.3 Å². The molecule has 2 rings (SSSR count). The van der Waals surface area contributed by atoms with Crippen molar-refractivity contribution in [2.24, 2.45) is 5.92 Å². The number of amides is 1. The number of hydrogen-bond donors (Lipinski definition) is 1. The maximum atomic E-state index is 12.5. The summed E-state index contributed by atoms with van der Waals surface area (Å²) in [5, 5.41) is 10.9. The lowest BCUT2D eigenvalue weighted by atomic mass is 9.86. The van der Waals surface area contributed by atoms with Crippen LogP contribution in [0.15, 0.2) is 18.2 Å². The van der Waals surface area contributed by atoms with Gasteiger partial charge in [0.05, 0.1) is 30.7 Å². The van der Waals surface area contributed by atoms with Crippen LogP contribution in [-0.2, 0) is 14.3 Å². The molecular weight excluding hydrogens is 294 g/mol. The average molecular weight is 312 g/mol. The molecule has 0 radical (unpaired) electrons. The van der Waals surface area contributed by atoms with Gasteiger partial charge in [0.1, 0.15) is 0 Å². The Bertz CT molecular complexity index is 561. The molecule has 5 nitrogen and oxygen atoms in total. The van der Waals surface area contributed by atoms with Crippen LogP contribution in [0.1, 0.15) is 31.9 Å². The second-order valence-electron chi connectivity index (χ2n) is 4.82. The summed E-state index contributed by atoms with van der Waals surface area (Å²) in [5.74, 6) is -1.65. The van der Waals surface area contributed by atoms with Gasteiger partial charge in [0.25, 0.3) is 0 Å². The van der Waals surface area contributed by atoms with E-state index < -0.39 is 18.0 Å². The van der Waals surface area contributed by atoms with Gasteiger partial charge in [-0.3, -0.25) is 9.59 Å². The molecule has 21 heavy (non-hydrogen) atoms. The number of benzene rings is 1. The van der Waals surface area contributed by atoms with Crippen molar-refractivity contribution in [1.82, 2.24) is 0 Å². The van der Waals surface area contributed by atoms with E-state index in [1.165, 1.54) is 4.90 Å². The van der Waals surface area contributed by atoms with Gasteiger partial charge in [0.15, 0.2) is 0 Å². The first-order valence-electron chi connectivity index (χ1n) is 6.94. The molecule has 2 unspecified atom stereocenters. The zero-order valence-corrected chi connectivity index (χ0v) is 12.8. The third-order valence-corrected chi connectivity index (χ3v) is 3.92. The Morgan fingerprint density at radius 2 is 2.14 bits per heavy atom. The Kier molecular flexibility index (Phi) is 4.85. The number of halogens is 1. The number of hydrogen-bond acceptors (Lipinski definition) is 4. The number of carbonyl (C=O) groups is 2. The van der Waals surface area contributed by atoms with Crippen molar-refractivity contribution < 1.29 is 19.4 Å². The minimum Gasteiger partial charge on any atom is -0.466 e. The van der Waals surface area contributed by atoms with Crippen molar-refractivity contribution in [2.45, 2.75) is 26.4 Å². The highest BCUT2D eigenvalue weighted by Crippen LogP contribution is 2.42. The van der Waals surface area contributed by atoms with Gasteiger partial charge in [0.2, 0.25) is 5.91 Å². The van der Waals surface area contributed by atoms with Crippen LogP contribution in [0.2, 0.25) is 5.02 Å². The van der Waals surface area contributed by atoms with Crippen molar-refractivity contribution >= 4 is 29.2 Å². The van der Waals surface area contributed by atoms with Gasteiger partial charge in [-0.15, -0.1) is 0 Å². The first-order chi connectivity index (χ1) is 10.0. The first-order valence-corrected chi connectivity index (χ1v) is 7.32. The molecule has 1 aliphatic rings. The van der Waals surface area contributed by atoms with Crippen LogP contribution in [0.3, 0.4) is 0 Å². The Balaban J connectivity index is 2.40. The highest BCUT2D eigenvalue weighted by molar-refractivity contribution is 6.32. The second-order valence-corrected chi connectivity index (χ2v) is 5.22. The van der Waals surface area contributed by atoms with Crippen LogP contribution >= 0.6 is 11.6 Å². The SMILES string of the molecule is CCOC(=O)CC1C(=O)N(CC)c2cccc(Cl)c2C1O. The number of aliphatic hydroxyl groups is 1. The average Bonchev–Trinajstić information content (AvgIpc) is 2.44. The van der Waals surface area contributed by atoms with Crippen molar-refractivity contribution in [2.75, 3.05) is 18.1 Å². The topological polar surface area (TPSA) is 66.8 Å². The number of esters is 1. The van der Waals surface area contributed by atoms with Crippen LogP contribution < -0.4 is 4.90 Å². The van der Waals surface area contributed by atoms with E-state index in [1.807, 2.05) is 6.92 Å². The molecule has 0 bridgehead atoms. The lowest BCUT2D eigenvalue weighted by Gasteiger charge is -2.36. The van der Waals surface area contributed by atoms with E-state index in [1.54, 1.807) is 25.1 Å². The first kappa shape index (κ1) is 15.8. The summed E-state index contributed by atoms with van der Waals surface area (Å²) < 4.78 is 4.87. The van der Waals surface area contributed by atoms with Gasteiger partial charge in [-0.2, -0.15) is 0 Å². The maximum Gasteiger partial charge on any atom is 0.306 e. The molecule has 1 aromatic rings. The summed E-state index contributed by atoms with van der Waals surface area (Å²) in [6.07, 6.45) is -1.26. The number of nitrogens with zero attached hydrogens (tertiary/aromatic N) is 1. The third kappa shape index (κ3) is 2.89. The van der Waals surface area contributed by atoms with Gasteiger partial charge in [-0.1, -0.05) is 17.7 Å². The van der Waals surface area contributed by atoms with Crippen molar-refractivity contribution in [3.63, 3.8) is 0 Å². The standard InChI is InChI=1S/C15H18ClNO4/c1-3-17-11-7-5-6-10(16)13(11)14(19)9(15(17)20)8-12(18)21-4-2/h5-7,9,14,19H,3-4,8H2,1-2H3. The molecule has 1 heterocycles. The fraction of sp³-hybridized carbons (Fsp3) is 0.467. The Labute approximate surface area is 128 Å². The van der Waals surface area contributed by atoms with Gasteiger partial charge < -0.3 is 14.7 Å². The monoisotopic (exact) mass is 311 g/mol. The molecule has 0 aromatic heterocycles. The Hall–Kier alpha value is -1.59. The Morgan fingerprint density at radius 1 is 1.43 bits per heavy atom. The zero-order chi connectivity index (χ0) is 15.6. The molecule has 0 saturated heterocycles. The molecule has 114 valence electrons. The summed E-state index contributed by atoms with van der Waals surface area (Å²) in [6, 6.07) is 5.14. The molecule has 0 spiro atoms. The number of rotatable bonds is 4. The van der Waals surface area contributed by atoms with E-state index in [9.17, 15) is 14.7 Å². The number of aliphatic hydroxyl groups excluding tert-OH is 1. The molecule has 1 aliphatic heterocycles. The number of carbonyl (C=O) groups excluding carboxylic acids is 2. The van der Waals surface area contributed by atoms with Crippen molar-refractivity contribution in [3.8, 4) is 0 Å². The summed E-state index contributed by atoms with van der Waals surface area (Å²) in [7, 11) is 0. The van der Waals surface area contributed by atoms with E-state index in [0.29, 0.717) is 22.8 Å². The smallest absolute Gasteiger partial charge is 0.306 e. The minimum atomic E-state index is -1.10. The Morgan fingerprint density at radius 3 is 2.76 bits per heavy atom. The van der Waals surface area contributed by atoms with E-state index in [-0.39, 0.29) is 18.9 Å². The van der Waals surface area contributed by atoms with Crippen LogP contribution in [0.5, 0.6) is 0 Å². The second kappa shape index (κ2) is 6.45. The molecular formula is C15H18ClNO4. The summed E-state index contributed by atoms with van der Waals surface area (Å²) in [5.41, 5.74) is 1.09. The highest BCUT2D eigenvalue weighted by Gasteiger charge is 2.41. The summed E-state index contributed by atoms with van der Waals surface area (Å²) in [4.78, 5) is 25.7. The predicted octanol–water partition coefficient (Wildman–Crippen LogP) is 2.31. The largest absolute Gasteiger partial charge is 0.466 e. The lowest BCUT2D eigenvalue weighted by Crippen LogP contribution is -2.44. The lowest BCUT2D eigenvalue weighted by molar-refractivity contribution is -0.148.